The molecule has 0 N–H and O–H groups in total. The quantitative estimate of drug-likeness (QED) is 0.548. The Morgan fingerprint density at radius 1 is 1.31 bits per heavy atom. The van der Waals surface area contributed by atoms with E-state index >= 15 is 0 Å². The first-order chi connectivity index (χ1) is 6.43. The summed E-state index contributed by atoms with van der Waals surface area (Å²) in [6.07, 6.45) is 12.7. The van der Waals surface area contributed by atoms with Gasteiger partial charge in [0.2, 0.25) is 0 Å². The van der Waals surface area contributed by atoms with Crippen molar-refractivity contribution in [1.29, 1.82) is 0 Å². The third-order valence-electron chi connectivity index (χ3n) is 3.33. The molecule has 1 saturated heterocycles. The fraction of sp³-hybridized carbons (Fsp3) is 0.500. The Bertz CT molecular complexity index is 309. The molecule has 0 aromatic heterocycles. The van der Waals surface area contributed by atoms with Crippen LogP contribution < -0.4 is 0 Å². The van der Waals surface area contributed by atoms with Crippen LogP contribution in [-0.2, 0) is 4.74 Å². The van der Waals surface area contributed by atoms with E-state index in [1.807, 2.05) is 0 Å². The highest BCUT2D eigenvalue weighted by molar-refractivity contribution is 5.35. The minimum atomic E-state index is 0.730. The van der Waals surface area contributed by atoms with Gasteiger partial charge in [0.15, 0.2) is 0 Å². The maximum atomic E-state index is 5.60. The zero-order valence-electron chi connectivity index (χ0n) is 7.70. The molecule has 2 atom stereocenters. The van der Waals surface area contributed by atoms with E-state index < -0.39 is 0 Å². The van der Waals surface area contributed by atoms with Crippen molar-refractivity contribution in [3.05, 3.63) is 35.6 Å². The molecule has 0 spiro atoms. The predicted molar refractivity (Wildman–Crippen MR) is 52.1 cm³/mol. The summed E-state index contributed by atoms with van der Waals surface area (Å²) in [6.45, 7) is 0.934. The molecule has 2 aliphatic carbocycles. The number of hydrogen-bond donors (Lipinski definition) is 0. The van der Waals surface area contributed by atoms with Crippen LogP contribution in [-0.4, -0.2) is 6.61 Å². The molecule has 3 rings (SSSR count). The van der Waals surface area contributed by atoms with Gasteiger partial charge < -0.3 is 4.74 Å². The molecule has 68 valence electrons. The molecule has 0 radical (unpaired) electrons. The average molecular weight is 174 g/mol. The van der Waals surface area contributed by atoms with Gasteiger partial charge in [0.1, 0.15) is 0 Å². The molecule has 1 nitrogen and oxygen atoms in total. The second-order valence-corrected chi connectivity index (χ2v) is 4.14. The van der Waals surface area contributed by atoms with Gasteiger partial charge in [-0.1, -0.05) is 18.2 Å². The van der Waals surface area contributed by atoms with Crippen molar-refractivity contribution in [1.82, 2.24) is 0 Å². The summed E-state index contributed by atoms with van der Waals surface area (Å²) in [6, 6.07) is 0. The molecule has 0 saturated carbocycles. The molecule has 0 amide bonds. The van der Waals surface area contributed by atoms with E-state index in [0.717, 1.165) is 18.4 Å². The van der Waals surface area contributed by atoms with Crippen molar-refractivity contribution in [2.45, 2.75) is 19.3 Å². The number of allylic oxidation sites excluding steroid dienone is 6. The molecule has 13 heavy (non-hydrogen) atoms. The van der Waals surface area contributed by atoms with Crippen LogP contribution in [0.1, 0.15) is 19.3 Å². The maximum Gasteiger partial charge on any atom is 0.0994 e. The monoisotopic (exact) mass is 174 g/mol. The van der Waals surface area contributed by atoms with Gasteiger partial charge in [0.25, 0.3) is 0 Å². The summed E-state index contributed by atoms with van der Waals surface area (Å²) >= 11 is 0. The first-order valence-corrected chi connectivity index (χ1v) is 5.14. The van der Waals surface area contributed by atoms with E-state index in [0.29, 0.717) is 0 Å². The fourth-order valence-corrected chi connectivity index (χ4v) is 2.57. The lowest BCUT2D eigenvalue weighted by molar-refractivity contribution is 0.252. The first-order valence-electron chi connectivity index (χ1n) is 5.14. The number of rotatable bonds is 0. The number of hydrogen-bond acceptors (Lipinski definition) is 1. The summed E-state index contributed by atoms with van der Waals surface area (Å²) in [5.74, 6) is 2.76. The average Bonchev–Trinajstić information content (AvgIpc) is 2.61. The minimum absolute atomic E-state index is 0.730. The fourth-order valence-electron chi connectivity index (χ4n) is 2.57. The van der Waals surface area contributed by atoms with Crippen molar-refractivity contribution in [2.24, 2.45) is 11.8 Å². The Hall–Kier alpha value is -0.980. The van der Waals surface area contributed by atoms with E-state index in [1.54, 1.807) is 0 Å². The Morgan fingerprint density at radius 2 is 2.31 bits per heavy atom. The second kappa shape index (κ2) is 2.76. The van der Waals surface area contributed by atoms with Crippen LogP contribution in [0.2, 0.25) is 0 Å². The van der Waals surface area contributed by atoms with Crippen LogP contribution in [0.25, 0.3) is 0 Å². The lowest BCUT2D eigenvalue weighted by Gasteiger charge is -2.27. The predicted octanol–water partition coefficient (Wildman–Crippen LogP) is 2.81. The van der Waals surface area contributed by atoms with Crippen LogP contribution in [0, 0.1) is 11.8 Å². The first kappa shape index (κ1) is 7.43. The Balaban J connectivity index is 1.97. The summed E-state index contributed by atoms with van der Waals surface area (Å²) in [4.78, 5) is 0. The molecule has 0 bridgehead atoms. The van der Waals surface area contributed by atoms with Crippen molar-refractivity contribution in [2.75, 3.05) is 6.61 Å². The highest BCUT2D eigenvalue weighted by Gasteiger charge is 2.31. The molecule has 1 heterocycles. The summed E-state index contributed by atoms with van der Waals surface area (Å²) in [5, 5.41) is 0. The highest BCUT2D eigenvalue weighted by atomic mass is 16.5. The molecular weight excluding hydrogens is 160 g/mol. The highest BCUT2D eigenvalue weighted by Crippen LogP contribution is 2.41. The largest absolute Gasteiger partial charge is 0.498 e. The topological polar surface area (TPSA) is 9.23 Å². The van der Waals surface area contributed by atoms with Gasteiger partial charge in [-0.2, -0.15) is 0 Å². The van der Waals surface area contributed by atoms with Crippen molar-refractivity contribution in [3.8, 4) is 0 Å². The Labute approximate surface area is 78.8 Å². The van der Waals surface area contributed by atoms with E-state index in [9.17, 15) is 0 Å². The molecule has 2 unspecified atom stereocenters. The van der Waals surface area contributed by atoms with E-state index in [2.05, 4.69) is 24.3 Å². The molecule has 1 fully saturated rings. The van der Waals surface area contributed by atoms with Crippen LogP contribution in [0.15, 0.2) is 35.6 Å². The van der Waals surface area contributed by atoms with Crippen molar-refractivity contribution in [3.63, 3.8) is 0 Å². The molecule has 0 aromatic carbocycles. The van der Waals surface area contributed by atoms with Gasteiger partial charge in [0, 0.05) is 5.92 Å². The zero-order valence-corrected chi connectivity index (χ0v) is 7.70. The standard InChI is InChI=1S/C12H14O/c1-2-4-10-8-12-11(5-6-13-12)7-9(10)3-1/h1-2,4,8-9,11H,3,5-7H2. The molecule has 3 aliphatic rings. The van der Waals surface area contributed by atoms with Crippen molar-refractivity contribution < 1.29 is 4.74 Å². The third-order valence-corrected chi connectivity index (χ3v) is 3.33. The van der Waals surface area contributed by atoms with Gasteiger partial charge >= 0.3 is 0 Å². The Morgan fingerprint density at radius 3 is 3.31 bits per heavy atom. The van der Waals surface area contributed by atoms with Crippen LogP contribution in [0.3, 0.4) is 0 Å². The van der Waals surface area contributed by atoms with Gasteiger partial charge in [-0.05, 0) is 36.8 Å². The van der Waals surface area contributed by atoms with Gasteiger partial charge in [-0.3, -0.25) is 0 Å². The molecule has 1 heteroatoms. The van der Waals surface area contributed by atoms with Gasteiger partial charge in [-0.25, -0.2) is 0 Å². The van der Waals surface area contributed by atoms with Gasteiger partial charge in [0.05, 0.1) is 12.4 Å². The normalized spacial score (nSPS) is 35.7. The van der Waals surface area contributed by atoms with E-state index in [1.165, 1.54) is 30.6 Å². The van der Waals surface area contributed by atoms with E-state index in [-0.39, 0.29) is 0 Å². The summed E-state index contributed by atoms with van der Waals surface area (Å²) < 4.78 is 5.60. The zero-order chi connectivity index (χ0) is 8.67. The van der Waals surface area contributed by atoms with Crippen LogP contribution in [0.4, 0.5) is 0 Å². The molecule has 1 aliphatic heterocycles. The van der Waals surface area contributed by atoms with E-state index in [4.69, 9.17) is 4.74 Å². The smallest absolute Gasteiger partial charge is 0.0994 e. The lowest BCUT2D eigenvalue weighted by atomic mass is 9.78. The Kier molecular flexibility index (Phi) is 1.58. The molecule has 0 aromatic rings. The SMILES string of the molecule is C1=CCC2CC3CCOC3=CC2=C1. The molecular formula is C12H14O. The number of fused-ring (bicyclic) bond motifs is 2. The summed E-state index contributed by atoms with van der Waals surface area (Å²) in [5.41, 5.74) is 1.48. The third kappa shape index (κ3) is 1.14. The lowest BCUT2D eigenvalue weighted by Crippen LogP contribution is -2.16. The number of ether oxygens (including phenoxy) is 1. The summed E-state index contributed by atoms with van der Waals surface area (Å²) in [7, 11) is 0. The van der Waals surface area contributed by atoms with Gasteiger partial charge in [-0.15, -0.1) is 0 Å². The van der Waals surface area contributed by atoms with Crippen LogP contribution >= 0.6 is 0 Å². The van der Waals surface area contributed by atoms with Crippen LogP contribution in [0.5, 0.6) is 0 Å². The minimum Gasteiger partial charge on any atom is -0.498 e. The second-order valence-electron chi connectivity index (χ2n) is 4.14. The van der Waals surface area contributed by atoms with Crippen molar-refractivity contribution >= 4 is 0 Å². The maximum absolute atomic E-state index is 5.60.